The molecule has 0 heterocycles. The Morgan fingerprint density at radius 3 is 2.60 bits per heavy atom. The summed E-state index contributed by atoms with van der Waals surface area (Å²) in [5, 5.41) is 12.8. The van der Waals surface area contributed by atoms with Crippen molar-refractivity contribution in [3.63, 3.8) is 0 Å². The molecule has 1 aromatic rings. The number of nitrogens with zero attached hydrogens (tertiary/aromatic N) is 1. The summed E-state index contributed by atoms with van der Waals surface area (Å²) in [5.74, 6) is -0.625. The van der Waals surface area contributed by atoms with Crippen LogP contribution < -0.4 is 11.1 Å². The lowest BCUT2D eigenvalue weighted by Crippen LogP contribution is -2.29. The van der Waals surface area contributed by atoms with E-state index in [2.05, 4.69) is 10.1 Å². The standard InChI is InChI=1S/C10H9Cl2N3O5/c11-6-3-5(4-7(8(6)12)15(18)19)9(16)14-1-2-20-10(13)17/h3-4H,1-2H2,(H2,13,17)(H,14,16). The Morgan fingerprint density at radius 1 is 1.40 bits per heavy atom. The fourth-order valence-corrected chi connectivity index (χ4v) is 1.65. The summed E-state index contributed by atoms with van der Waals surface area (Å²) < 4.78 is 4.40. The van der Waals surface area contributed by atoms with Gasteiger partial charge in [-0.15, -0.1) is 0 Å². The molecule has 2 amide bonds. The van der Waals surface area contributed by atoms with Gasteiger partial charge in [-0.1, -0.05) is 23.2 Å². The molecule has 10 heteroatoms. The fourth-order valence-electron chi connectivity index (χ4n) is 1.26. The molecule has 0 aliphatic heterocycles. The Labute approximate surface area is 122 Å². The molecule has 0 unspecified atom stereocenters. The Balaban J connectivity index is 2.78. The first kappa shape index (κ1) is 16.0. The minimum Gasteiger partial charge on any atom is -0.448 e. The highest BCUT2D eigenvalue weighted by Crippen LogP contribution is 2.32. The smallest absolute Gasteiger partial charge is 0.404 e. The van der Waals surface area contributed by atoms with Crippen LogP contribution in [0, 0.1) is 10.1 Å². The van der Waals surface area contributed by atoms with Crippen LogP contribution >= 0.6 is 23.2 Å². The van der Waals surface area contributed by atoms with Gasteiger partial charge in [0, 0.05) is 11.6 Å². The van der Waals surface area contributed by atoms with Crippen molar-refractivity contribution in [2.75, 3.05) is 13.2 Å². The van der Waals surface area contributed by atoms with Crippen LogP contribution in [0.5, 0.6) is 0 Å². The van der Waals surface area contributed by atoms with Crippen molar-refractivity contribution in [2.24, 2.45) is 5.73 Å². The summed E-state index contributed by atoms with van der Waals surface area (Å²) in [4.78, 5) is 32.0. The molecule has 0 spiro atoms. The zero-order valence-electron chi connectivity index (χ0n) is 9.89. The number of primary amides is 1. The van der Waals surface area contributed by atoms with E-state index in [0.29, 0.717) is 0 Å². The average molecular weight is 322 g/mol. The van der Waals surface area contributed by atoms with E-state index in [1.54, 1.807) is 0 Å². The second-order valence-electron chi connectivity index (χ2n) is 3.47. The monoisotopic (exact) mass is 321 g/mol. The van der Waals surface area contributed by atoms with E-state index in [1.165, 1.54) is 6.07 Å². The highest BCUT2D eigenvalue weighted by atomic mass is 35.5. The van der Waals surface area contributed by atoms with Gasteiger partial charge in [-0.05, 0) is 6.07 Å². The predicted molar refractivity (Wildman–Crippen MR) is 71.0 cm³/mol. The summed E-state index contributed by atoms with van der Waals surface area (Å²) >= 11 is 11.4. The number of carbonyl (C=O) groups excluding carboxylic acids is 2. The zero-order chi connectivity index (χ0) is 15.3. The SMILES string of the molecule is NC(=O)OCCNC(=O)c1cc(Cl)c(Cl)c([N+](=O)[O-])c1. The second-order valence-corrected chi connectivity index (χ2v) is 4.26. The molecule has 0 aliphatic rings. The van der Waals surface area contributed by atoms with Gasteiger partial charge in [-0.3, -0.25) is 14.9 Å². The number of nitrogens with one attached hydrogen (secondary N) is 1. The van der Waals surface area contributed by atoms with Crippen LogP contribution in [-0.4, -0.2) is 30.1 Å². The summed E-state index contributed by atoms with van der Waals surface area (Å²) in [7, 11) is 0. The number of nitrogens with two attached hydrogens (primary N) is 1. The van der Waals surface area contributed by atoms with Crippen LogP contribution in [0.2, 0.25) is 10.0 Å². The van der Waals surface area contributed by atoms with Crippen molar-refractivity contribution in [2.45, 2.75) is 0 Å². The van der Waals surface area contributed by atoms with Crippen molar-refractivity contribution in [3.8, 4) is 0 Å². The molecule has 1 rings (SSSR count). The highest BCUT2D eigenvalue weighted by Gasteiger charge is 2.19. The van der Waals surface area contributed by atoms with Gasteiger partial charge in [0.2, 0.25) is 0 Å². The van der Waals surface area contributed by atoms with Gasteiger partial charge < -0.3 is 15.8 Å². The molecule has 1 aromatic carbocycles. The van der Waals surface area contributed by atoms with Crippen LogP contribution in [0.15, 0.2) is 12.1 Å². The minimum atomic E-state index is -0.968. The van der Waals surface area contributed by atoms with Gasteiger partial charge in [0.05, 0.1) is 16.5 Å². The lowest BCUT2D eigenvalue weighted by Gasteiger charge is -2.06. The molecular formula is C10H9Cl2N3O5. The molecule has 0 fully saturated rings. The van der Waals surface area contributed by atoms with E-state index in [-0.39, 0.29) is 28.8 Å². The zero-order valence-corrected chi connectivity index (χ0v) is 11.4. The highest BCUT2D eigenvalue weighted by molar-refractivity contribution is 6.43. The van der Waals surface area contributed by atoms with Crippen LogP contribution in [0.25, 0.3) is 0 Å². The molecule has 8 nitrogen and oxygen atoms in total. The van der Waals surface area contributed by atoms with E-state index >= 15 is 0 Å². The Kier molecular flexibility index (Phi) is 5.53. The molecule has 20 heavy (non-hydrogen) atoms. The number of rotatable bonds is 5. The number of nitro benzene ring substituents is 1. The third kappa shape index (κ3) is 4.25. The molecule has 0 bridgehead atoms. The summed E-state index contributed by atoms with van der Waals surface area (Å²) in [6.07, 6.45) is -0.968. The van der Waals surface area contributed by atoms with Gasteiger partial charge in [-0.25, -0.2) is 4.79 Å². The largest absolute Gasteiger partial charge is 0.448 e. The lowest BCUT2D eigenvalue weighted by atomic mass is 10.2. The predicted octanol–water partition coefficient (Wildman–Crippen LogP) is 1.73. The number of benzene rings is 1. The quantitative estimate of drug-likeness (QED) is 0.485. The molecule has 0 aliphatic carbocycles. The summed E-state index contributed by atoms with van der Waals surface area (Å²) in [6, 6.07) is 2.19. The van der Waals surface area contributed by atoms with E-state index in [1.807, 2.05) is 0 Å². The number of ether oxygens (including phenoxy) is 1. The Bertz CT molecular complexity index is 564. The van der Waals surface area contributed by atoms with Crippen LogP contribution in [0.3, 0.4) is 0 Å². The maximum absolute atomic E-state index is 11.7. The van der Waals surface area contributed by atoms with Crippen LogP contribution in [0.4, 0.5) is 10.5 Å². The van der Waals surface area contributed by atoms with Crippen molar-refractivity contribution in [1.29, 1.82) is 0 Å². The number of nitro groups is 1. The molecule has 0 atom stereocenters. The third-order valence-corrected chi connectivity index (χ3v) is 2.89. The Hall–Kier alpha value is -2.06. The lowest BCUT2D eigenvalue weighted by molar-refractivity contribution is -0.384. The van der Waals surface area contributed by atoms with Crippen molar-refractivity contribution in [1.82, 2.24) is 5.32 Å². The number of carbonyl (C=O) groups is 2. The van der Waals surface area contributed by atoms with E-state index in [0.717, 1.165) is 6.07 Å². The maximum atomic E-state index is 11.7. The van der Waals surface area contributed by atoms with Crippen LogP contribution in [-0.2, 0) is 4.74 Å². The average Bonchev–Trinajstić information content (AvgIpc) is 2.36. The maximum Gasteiger partial charge on any atom is 0.404 e. The van der Waals surface area contributed by atoms with Gasteiger partial charge in [0.15, 0.2) is 0 Å². The topological polar surface area (TPSA) is 125 Å². The number of hydrogen-bond donors (Lipinski definition) is 2. The molecule has 0 saturated carbocycles. The van der Waals surface area contributed by atoms with E-state index in [9.17, 15) is 19.7 Å². The van der Waals surface area contributed by atoms with Gasteiger partial charge in [0.1, 0.15) is 11.6 Å². The van der Waals surface area contributed by atoms with Gasteiger partial charge >= 0.3 is 6.09 Å². The molecule has 0 aromatic heterocycles. The number of hydrogen-bond acceptors (Lipinski definition) is 5. The van der Waals surface area contributed by atoms with E-state index in [4.69, 9.17) is 28.9 Å². The third-order valence-electron chi connectivity index (χ3n) is 2.10. The van der Waals surface area contributed by atoms with Crippen molar-refractivity contribution in [3.05, 3.63) is 37.9 Å². The van der Waals surface area contributed by atoms with Gasteiger partial charge in [0.25, 0.3) is 11.6 Å². The molecule has 0 radical (unpaired) electrons. The summed E-state index contributed by atoms with van der Waals surface area (Å²) in [5.41, 5.74) is 4.22. The fraction of sp³-hybridized carbons (Fsp3) is 0.200. The van der Waals surface area contributed by atoms with E-state index < -0.39 is 22.6 Å². The molecule has 3 N–H and O–H groups in total. The first-order valence-corrected chi connectivity index (χ1v) is 5.92. The van der Waals surface area contributed by atoms with Gasteiger partial charge in [-0.2, -0.15) is 0 Å². The molecule has 108 valence electrons. The number of amides is 2. The normalized spacial score (nSPS) is 9.90. The van der Waals surface area contributed by atoms with Crippen molar-refractivity contribution < 1.29 is 19.2 Å². The van der Waals surface area contributed by atoms with Crippen LogP contribution in [0.1, 0.15) is 10.4 Å². The number of halogens is 2. The molecule has 0 saturated heterocycles. The minimum absolute atomic E-state index is 0.00415. The first-order chi connectivity index (χ1) is 9.32. The van der Waals surface area contributed by atoms with Crippen molar-refractivity contribution >= 4 is 40.9 Å². The second kappa shape index (κ2) is 6.92. The summed E-state index contributed by atoms with van der Waals surface area (Å²) in [6.45, 7) is -0.125. The molecular weight excluding hydrogens is 313 g/mol. The Morgan fingerprint density at radius 2 is 2.05 bits per heavy atom. The first-order valence-electron chi connectivity index (χ1n) is 5.16.